The maximum atomic E-state index is 3.88. The first-order valence-corrected chi connectivity index (χ1v) is 20.3. The molecule has 1 heteroatoms. The van der Waals surface area contributed by atoms with Gasteiger partial charge in [-0.25, -0.2) is 0 Å². The lowest BCUT2D eigenvalue weighted by molar-refractivity contribution is 0.590. The first kappa shape index (κ1) is 32.9. The van der Waals surface area contributed by atoms with Crippen molar-refractivity contribution in [1.29, 1.82) is 0 Å². The molecule has 0 unspecified atom stereocenters. The molecule has 0 aliphatic rings. The molecule has 0 atom stereocenters. The minimum atomic E-state index is -0.0109. The third-order valence-corrected chi connectivity index (χ3v) is 13.2. The molecule has 0 nitrogen and oxygen atoms in total. The smallest absolute Gasteiger partial charge is 0.0254 e. The van der Waals surface area contributed by atoms with Gasteiger partial charge >= 0.3 is 0 Å². The Balaban J connectivity index is 1.34. The van der Waals surface area contributed by atoms with E-state index in [0.29, 0.717) is 0 Å². The fraction of sp³-hybridized carbons (Fsp3) is 0.148. The summed E-state index contributed by atoms with van der Waals surface area (Å²) in [6.45, 7) is 13.9. The minimum Gasteiger partial charge on any atom is -0.0616 e. The van der Waals surface area contributed by atoms with Crippen LogP contribution < -0.4 is 0 Å². The van der Waals surface area contributed by atoms with Gasteiger partial charge in [-0.15, -0.1) is 0 Å². The highest BCUT2D eigenvalue weighted by atomic mass is 79.9. The van der Waals surface area contributed by atoms with E-state index in [-0.39, 0.29) is 10.8 Å². The van der Waals surface area contributed by atoms with Crippen LogP contribution in [0.2, 0.25) is 0 Å². The first-order chi connectivity index (χ1) is 26.5. The molecule has 0 saturated heterocycles. The largest absolute Gasteiger partial charge is 0.0616 e. The van der Waals surface area contributed by atoms with E-state index >= 15 is 0 Å². The Hall–Kier alpha value is -5.50. The van der Waals surface area contributed by atoms with Crippen molar-refractivity contribution in [2.45, 2.75) is 52.4 Å². The quantitative estimate of drug-likeness (QED) is 0.154. The molecular weight excluding hydrogens is 728 g/mol. The van der Waals surface area contributed by atoms with E-state index in [9.17, 15) is 0 Å². The van der Waals surface area contributed by atoms with E-state index in [1.807, 2.05) is 0 Å². The molecule has 0 amide bonds. The van der Waals surface area contributed by atoms with Gasteiger partial charge in [-0.05, 0) is 167 Å². The lowest BCUT2D eigenvalue weighted by Gasteiger charge is -2.24. The van der Waals surface area contributed by atoms with Crippen molar-refractivity contribution in [3.05, 3.63) is 155 Å². The lowest BCUT2D eigenvalue weighted by atomic mass is 9.80. The zero-order valence-corrected chi connectivity index (χ0v) is 33.7. The number of rotatable bonds is 2. The topological polar surface area (TPSA) is 0 Å². The van der Waals surface area contributed by atoms with Crippen LogP contribution in [0.1, 0.15) is 52.7 Å². The third-order valence-electron chi connectivity index (χ3n) is 12.5. The zero-order chi connectivity index (χ0) is 37.5. The lowest BCUT2D eigenvalue weighted by Crippen LogP contribution is -2.11. The molecule has 0 bridgehead atoms. The predicted octanol–water partition coefficient (Wildman–Crippen LogP) is 16.5. The summed E-state index contributed by atoms with van der Waals surface area (Å²) in [4.78, 5) is 0. The summed E-state index contributed by atoms with van der Waals surface area (Å²) >= 11 is 3.88. The molecular formula is C54H41Br. The molecule has 0 aromatic heterocycles. The molecule has 11 rings (SSSR count). The molecule has 55 heavy (non-hydrogen) atoms. The maximum Gasteiger partial charge on any atom is 0.0254 e. The van der Waals surface area contributed by atoms with Crippen LogP contribution >= 0.6 is 15.9 Å². The van der Waals surface area contributed by atoms with Crippen LogP contribution in [-0.2, 0) is 10.8 Å². The maximum absolute atomic E-state index is 3.88. The van der Waals surface area contributed by atoms with Gasteiger partial charge in [0.15, 0.2) is 0 Å². The fourth-order valence-corrected chi connectivity index (χ4v) is 10.1. The highest BCUT2D eigenvalue weighted by Crippen LogP contribution is 2.50. The van der Waals surface area contributed by atoms with Gasteiger partial charge in [-0.1, -0.05) is 161 Å². The van der Waals surface area contributed by atoms with E-state index in [4.69, 9.17) is 0 Å². The average Bonchev–Trinajstić information content (AvgIpc) is 3.68. The molecule has 0 aliphatic heterocycles. The second-order valence-electron chi connectivity index (χ2n) is 17.8. The van der Waals surface area contributed by atoms with Crippen LogP contribution in [0.15, 0.2) is 144 Å². The van der Waals surface area contributed by atoms with Gasteiger partial charge in [-0.2, -0.15) is 0 Å². The van der Waals surface area contributed by atoms with Gasteiger partial charge in [0.2, 0.25) is 0 Å². The normalized spacial score (nSPS) is 13.0. The summed E-state index contributed by atoms with van der Waals surface area (Å²) in [5, 5.41) is 21.1. The van der Waals surface area contributed by atoms with Crippen LogP contribution in [0, 0.1) is 0 Å². The number of benzene rings is 9. The van der Waals surface area contributed by atoms with Crippen molar-refractivity contribution in [1.82, 2.24) is 0 Å². The highest BCUT2D eigenvalue weighted by Gasteiger charge is 2.23. The van der Waals surface area contributed by atoms with Crippen molar-refractivity contribution in [3.8, 4) is 22.3 Å². The molecule has 0 saturated carbocycles. The average molecular weight is 770 g/mol. The van der Waals surface area contributed by atoms with Gasteiger partial charge in [0.25, 0.3) is 0 Å². The molecule has 0 spiro atoms. The van der Waals surface area contributed by atoms with E-state index in [2.05, 4.69) is 197 Å². The van der Waals surface area contributed by atoms with Crippen molar-refractivity contribution in [2.24, 2.45) is 0 Å². The Labute approximate surface area is 330 Å². The van der Waals surface area contributed by atoms with Crippen LogP contribution in [0.5, 0.6) is 0 Å². The number of hydrogen-bond acceptors (Lipinski definition) is 0. The Bertz CT molecular complexity index is 3370. The standard InChI is InChI=1S/C54H41Br/c1-53(2,3)31-19-17-30(18-20-31)33-22-21-32(54(4,5)6)25-41(33)45-27-43-38-14-9-13-36-34-11-7-8-12-35(34)49(52(36)38)29-48(43)47-26-42-37-15-10-16-40-50(55)24-23-39(51(37)40)44(42)28-46(45)47/h7-29H,1-6H3. The Morgan fingerprint density at radius 1 is 0.309 bits per heavy atom. The molecule has 0 fully saturated rings. The van der Waals surface area contributed by atoms with Crippen molar-refractivity contribution < 1.29 is 0 Å². The van der Waals surface area contributed by atoms with Gasteiger partial charge < -0.3 is 0 Å². The van der Waals surface area contributed by atoms with Gasteiger partial charge in [0.05, 0.1) is 0 Å². The van der Waals surface area contributed by atoms with Crippen LogP contribution in [0.3, 0.4) is 0 Å². The number of hydrogen-bond donors (Lipinski definition) is 0. The monoisotopic (exact) mass is 768 g/mol. The van der Waals surface area contributed by atoms with Crippen LogP contribution in [-0.4, -0.2) is 0 Å². The van der Waals surface area contributed by atoms with Crippen molar-refractivity contribution >= 4 is 102 Å². The molecule has 0 heterocycles. The Kier molecular flexibility index (Phi) is 6.74. The number of fused-ring (bicyclic) bond motifs is 10. The summed E-state index contributed by atoms with van der Waals surface area (Å²) in [6, 6.07) is 53.8. The molecule has 0 radical (unpaired) electrons. The summed E-state index contributed by atoms with van der Waals surface area (Å²) in [5.74, 6) is 0. The Morgan fingerprint density at radius 3 is 1.45 bits per heavy atom. The van der Waals surface area contributed by atoms with E-state index in [0.717, 1.165) is 4.47 Å². The van der Waals surface area contributed by atoms with Gasteiger partial charge in [-0.3, -0.25) is 0 Å². The molecule has 0 N–H and O–H groups in total. The molecule has 0 aliphatic carbocycles. The first-order valence-electron chi connectivity index (χ1n) is 19.5. The van der Waals surface area contributed by atoms with E-state index in [1.165, 1.54) is 120 Å². The minimum absolute atomic E-state index is 0.0109. The van der Waals surface area contributed by atoms with Crippen molar-refractivity contribution in [2.75, 3.05) is 0 Å². The van der Waals surface area contributed by atoms with E-state index < -0.39 is 0 Å². The second kappa shape index (κ2) is 11.3. The zero-order valence-electron chi connectivity index (χ0n) is 32.2. The predicted molar refractivity (Wildman–Crippen MR) is 245 cm³/mol. The van der Waals surface area contributed by atoms with Gasteiger partial charge in [0, 0.05) is 4.47 Å². The molecule has 11 aromatic carbocycles. The SMILES string of the molecule is CC(C)(C)c1ccc(-c2ccc(C(C)(C)C)cc2-c2cc3c(cc4c5ccccc5c5cccc3c54)c3cc4c(cc23)c2ccc(Br)c3cccc4c32)cc1. The van der Waals surface area contributed by atoms with Crippen LogP contribution in [0.25, 0.3) is 108 Å². The second-order valence-corrected chi connectivity index (χ2v) is 18.7. The van der Waals surface area contributed by atoms with Gasteiger partial charge in [0.1, 0.15) is 0 Å². The molecule has 11 aromatic rings. The van der Waals surface area contributed by atoms with Crippen molar-refractivity contribution in [3.63, 3.8) is 0 Å². The number of halogens is 1. The third kappa shape index (κ3) is 4.69. The fourth-order valence-electron chi connectivity index (χ4n) is 9.67. The summed E-state index contributed by atoms with van der Waals surface area (Å²) < 4.78 is 1.14. The summed E-state index contributed by atoms with van der Waals surface area (Å²) in [5.41, 5.74) is 7.84. The molecule has 264 valence electrons. The highest BCUT2D eigenvalue weighted by molar-refractivity contribution is 9.10. The van der Waals surface area contributed by atoms with E-state index in [1.54, 1.807) is 0 Å². The summed E-state index contributed by atoms with van der Waals surface area (Å²) in [6.07, 6.45) is 0. The summed E-state index contributed by atoms with van der Waals surface area (Å²) in [7, 11) is 0. The van der Waals surface area contributed by atoms with Crippen LogP contribution in [0.4, 0.5) is 0 Å². The Morgan fingerprint density at radius 2 is 0.782 bits per heavy atom.